The van der Waals surface area contributed by atoms with Crippen molar-refractivity contribution in [2.75, 3.05) is 6.54 Å². The molecule has 0 aromatic heterocycles. The molecule has 2 unspecified atom stereocenters. The van der Waals surface area contributed by atoms with Gasteiger partial charge in [-0.25, -0.2) is 4.79 Å². The van der Waals surface area contributed by atoms with Gasteiger partial charge in [-0.1, -0.05) is 18.2 Å². The van der Waals surface area contributed by atoms with Crippen LogP contribution in [0.4, 0.5) is 0 Å². The molecule has 5 heteroatoms. The van der Waals surface area contributed by atoms with E-state index < -0.39 is 11.5 Å². The fraction of sp³-hybridized carbons (Fsp3) is 0.364. The highest BCUT2D eigenvalue weighted by atomic mass is 35.5. The smallest absolute Gasteiger partial charge is 0.335 e. The van der Waals surface area contributed by atoms with Crippen LogP contribution < -0.4 is 11.5 Å². The minimum absolute atomic E-state index is 0.123. The Kier molecular flexibility index (Phi) is 4.73. The summed E-state index contributed by atoms with van der Waals surface area (Å²) in [5.41, 5.74) is 11.5. The molecule has 0 aliphatic rings. The zero-order valence-electron chi connectivity index (χ0n) is 8.77. The average Bonchev–Trinajstić information content (AvgIpc) is 2.25. The topological polar surface area (TPSA) is 89.3 Å². The SMILES string of the molecule is NCC(Cc1ccccc1C(=O)O)C(N)Cl. The van der Waals surface area contributed by atoms with E-state index in [-0.39, 0.29) is 11.5 Å². The second-order valence-corrected chi connectivity index (χ2v) is 4.11. The van der Waals surface area contributed by atoms with Gasteiger partial charge in [0.2, 0.25) is 0 Å². The van der Waals surface area contributed by atoms with E-state index in [2.05, 4.69) is 0 Å². The van der Waals surface area contributed by atoms with Gasteiger partial charge in [-0.15, -0.1) is 11.6 Å². The van der Waals surface area contributed by atoms with Gasteiger partial charge in [-0.3, -0.25) is 0 Å². The fourth-order valence-electron chi connectivity index (χ4n) is 1.52. The Morgan fingerprint density at radius 1 is 1.44 bits per heavy atom. The van der Waals surface area contributed by atoms with Crippen LogP contribution >= 0.6 is 11.6 Å². The Morgan fingerprint density at radius 3 is 2.56 bits per heavy atom. The summed E-state index contributed by atoms with van der Waals surface area (Å²) in [6.07, 6.45) is 0.476. The molecular weight excluding hydrogens is 228 g/mol. The first-order valence-corrected chi connectivity index (χ1v) is 5.40. The van der Waals surface area contributed by atoms with Crippen molar-refractivity contribution in [3.05, 3.63) is 35.4 Å². The maximum Gasteiger partial charge on any atom is 0.335 e. The molecule has 0 fully saturated rings. The zero-order valence-corrected chi connectivity index (χ0v) is 9.52. The molecule has 1 rings (SSSR count). The van der Waals surface area contributed by atoms with Crippen LogP contribution in [-0.4, -0.2) is 23.1 Å². The summed E-state index contributed by atoms with van der Waals surface area (Å²) in [4.78, 5) is 11.0. The Labute approximate surface area is 99.2 Å². The highest BCUT2D eigenvalue weighted by Crippen LogP contribution is 2.16. The molecule has 1 aromatic carbocycles. The summed E-state index contributed by atoms with van der Waals surface area (Å²) < 4.78 is 0. The Bertz CT molecular complexity index is 369. The number of aromatic carboxylic acids is 1. The number of benzene rings is 1. The molecule has 0 bridgehead atoms. The number of hydrogen-bond donors (Lipinski definition) is 3. The number of hydrogen-bond acceptors (Lipinski definition) is 3. The molecule has 0 radical (unpaired) electrons. The van der Waals surface area contributed by atoms with Gasteiger partial charge < -0.3 is 16.6 Å². The summed E-state index contributed by atoms with van der Waals surface area (Å²) in [7, 11) is 0. The molecule has 0 saturated heterocycles. The summed E-state index contributed by atoms with van der Waals surface area (Å²) >= 11 is 5.78. The lowest BCUT2D eigenvalue weighted by atomic mass is 9.95. The standard InChI is InChI=1S/C11H15ClN2O2/c12-10(14)8(6-13)5-7-3-1-2-4-9(7)11(15)16/h1-4,8,10H,5-6,13-14H2,(H,15,16). The van der Waals surface area contributed by atoms with Gasteiger partial charge in [-0.2, -0.15) is 0 Å². The Balaban J connectivity index is 2.91. The molecule has 0 heterocycles. The monoisotopic (exact) mass is 242 g/mol. The lowest BCUT2D eigenvalue weighted by Crippen LogP contribution is -2.32. The number of carboxylic acids is 1. The van der Waals surface area contributed by atoms with E-state index in [1.807, 2.05) is 0 Å². The molecular formula is C11H15ClN2O2. The predicted octanol–water partition coefficient (Wildman–Crippen LogP) is 1.03. The van der Waals surface area contributed by atoms with Crippen LogP contribution in [0.5, 0.6) is 0 Å². The third-order valence-electron chi connectivity index (χ3n) is 2.48. The third-order valence-corrected chi connectivity index (χ3v) is 2.84. The molecule has 0 spiro atoms. The molecule has 5 N–H and O–H groups in total. The van der Waals surface area contributed by atoms with Gasteiger partial charge in [0.1, 0.15) is 0 Å². The van der Waals surface area contributed by atoms with Crippen molar-refractivity contribution in [3.8, 4) is 0 Å². The van der Waals surface area contributed by atoms with Gasteiger partial charge >= 0.3 is 5.97 Å². The molecule has 2 atom stereocenters. The number of halogens is 1. The second kappa shape index (κ2) is 5.84. The van der Waals surface area contributed by atoms with Crippen LogP contribution in [0.3, 0.4) is 0 Å². The van der Waals surface area contributed by atoms with Crippen LogP contribution in [0.2, 0.25) is 0 Å². The minimum atomic E-state index is -0.950. The highest BCUT2D eigenvalue weighted by Gasteiger charge is 2.17. The maximum atomic E-state index is 11.0. The lowest BCUT2D eigenvalue weighted by Gasteiger charge is -2.17. The number of alkyl halides is 1. The van der Waals surface area contributed by atoms with E-state index in [0.717, 1.165) is 0 Å². The van der Waals surface area contributed by atoms with Crippen molar-refractivity contribution in [1.29, 1.82) is 0 Å². The summed E-state index contributed by atoms with van der Waals surface area (Å²) in [6, 6.07) is 6.79. The van der Waals surface area contributed by atoms with Gasteiger partial charge in [0.15, 0.2) is 0 Å². The molecule has 0 aliphatic heterocycles. The van der Waals surface area contributed by atoms with Crippen molar-refractivity contribution < 1.29 is 9.90 Å². The summed E-state index contributed by atoms with van der Waals surface area (Å²) in [5, 5.41) is 8.99. The van der Waals surface area contributed by atoms with Crippen LogP contribution in [0.15, 0.2) is 24.3 Å². The van der Waals surface area contributed by atoms with E-state index in [9.17, 15) is 4.79 Å². The van der Waals surface area contributed by atoms with Crippen LogP contribution in [0.25, 0.3) is 0 Å². The van der Waals surface area contributed by atoms with E-state index >= 15 is 0 Å². The van der Waals surface area contributed by atoms with Crippen LogP contribution in [0.1, 0.15) is 15.9 Å². The van der Waals surface area contributed by atoms with E-state index in [1.54, 1.807) is 24.3 Å². The van der Waals surface area contributed by atoms with Gasteiger partial charge in [0, 0.05) is 5.92 Å². The number of carboxylic acid groups (broad SMARTS) is 1. The first-order valence-electron chi connectivity index (χ1n) is 4.97. The van der Waals surface area contributed by atoms with E-state index in [0.29, 0.717) is 18.5 Å². The van der Waals surface area contributed by atoms with Gasteiger partial charge in [-0.05, 0) is 24.6 Å². The first kappa shape index (κ1) is 13.0. The third kappa shape index (κ3) is 3.20. The van der Waals surface area contributed by atoms with Crippen LogP contribution in [-0.2, 0) is 6.42 Å². The fourth-order valence-corrected chi connectivity index (χ4v) is 1.71. The lowest BCUT2D eigenvalue weighted by molar-refractivity contribution is 0.0695. The van der Waals surface area contributed by atoms with Gasteiger partial charge in [0.05, 0.1) is 11.1 Å². The van der Waals surface area contributed by atoms with Crippen molar-refractivity contribution in [1.82, 2.24) is 0 Å². The van der Waals surface area contributed by atoms with Crippen molar-refractivity contribution >= 4 is 17.6 Å². The minimum Gasteiger partial charge on any atom is -0.478 e. The van der Waals surface area contributed by atoms with Crippen molar-refractivity contribution in [2.24, 2.45) is 17.4 Å². The first-order chi connectivity index (χ1) is 7.56. The van der Waals surface area contributed by atoms with E-state index in [4.69, 9.17) is 28.2 Å². The molecule has 4 nitrogen and oxygen atoms in total. The van der Waals surface area contributed by atoms with Crippen molar-refractivity contribution in [2.45, 2.75) is 11.9 Å². The normalized spacial score (nSPS) is 14.4. The zero-order chi connectivity index (χ0) is 12.1. The Hall–Kier alpha value is -1.10. The summed E-state index contributed by atoms with van der Waals surface area (Å²) in [6.45, 7) is 0.332. The highest BCUT2D eigenvalue weighted by molar-refractivity contribution is 6.20. The number of nitrogens with two attached hydrogens (primary N) is 2. The molecule has 88 valence electrons. The predicted molar refractivity (Wildman–Crippen MR) is 63.5 cm³/mol. The number of carbonyl (C=O) groups is 1. The Morgan fingerprint density at radius 2 is 2.06 bits per heavy atom. The second-order valence-electron chi connectivity index (χ2n) is 3.61. The van der Waals surface area contributed by atoms with Crippen molar-refractivity contribution in [3.63, 3.8) is 0 Å². The molecule has 0 amide bonds. The quantitative estimate of drug-likeness (QED) is 0.531. The van der Waals surface area contributed by atoms with Crippen LogP contribution in [0, 0.1) is 5.92 Å². The van der Waals surface area contributed by atoms with Gasteiger partial charge in [0.25, 0.3) is 0 Å². The molecule has 16 heavy (non-hydrogen) atoms. The largest absolute Gasteiger partial charge is 0.478 e. The average molecular weight is 243 g/mol. The molecule has 0 saturated carbocycles. The number of rotatable bonds is 5. The molecule has 1 aromatic rings. The van der Waals surface area contributed by atoms with E-state index in [1.165, 1.54) is 0 Å². The molecule has 0 aliphatic carbocycles. The summed E-state index contributed by atoms with van der Waals surface area (Å²) in [5.74, 6) is -1.07. The maximum absolute atomic E-state index is 11.0.